The van der Waals surface area contributed by atoms with Crippen LogP contribution in [-0.4, -0.2) is 4.57 Å². The van der Waals surface area contributed by atoms with Crippen molar-refractivity contribution in [3.8, 4) is 39.3 Å². The molecule has 2 fully saturated rings. The quantitative estimate of drug-likeness (QED) is 0.0815. The van der Waals surface area contributed by atoms with Gasteiger partial charge in [-0.15, -0.1) is 0 Å². The predicted molar refractivity (Wildman–Crippen MR) is 202 cm³/mol. The van der Waals surface area contributed by atoms with Crippen LogP contribution in [-0.2, 0) is 10.5 Å². The second-order valence-corrected chi connectivity index (χ2v) is 15.8. The Morgan fingerprint density at radius 2 is 1.20 bits per heavy atom. The third kappa shape index (κ3) is 5.89. The number of aromatic nitrogens is 2. The van der Waals surface area contributed by atoms with E-state index in [-0.39, 0.29) is 3.42 Å². The van der Waals surface area contributed by atoms with Crippen LogP contribution < -0.4 is 4.57 Å². The molecule has 0 unspecified atom stereocenters. The summed E-state index contributed by atoms with van der Waals surface area (Å²) in [5.74, 6) is 2.50. The Kier molecular flexibility index (Phi) is 9.23. The number of imidazole rings is 1. The first-order valence-corrected chi connectivity index (χ1v) is 18.8. The number of hydrogen-bond donors (Lipinski definition) is 0. The predicted octanol–water partition coefficient (Wildman–Crippen LogP) is 12.1. The standard InChI is InChI=1S/C43H48IN2/c1-4-43(44,5-2)40-25-24-35(31-16-8-6-9-17-31)28-39(40)42-45(3)26-27-46(42)41-37(33-20-12-13-21-33)29-36(32-18-10-7-11-19-32)30-38(41)34-22-14-15-23-34/h6-11,16-19,24-30,33-34H,4-5,12-15,20-23H2,1-3H3/q+1. The van der Waals surface area contributed by atoms with Crippen molar-refractivity contribution in [1.29, 1.82) is 0 Å². The first-order valence-electron chi connectivity index (χ1n) is 17.7. The minimum atomic E-state index is 0.0597. The third-order valence-corrected chi connectivity index (χ3v) is 13.2. The summed E-state index contributed by atoms with van der Waals surface area (Å²) in [5.41, 5.74) is 12.7. The highest BCUT2D eigenvalue weighted by atomic mass is 127. The second kappa shape index (κ2) is 13.5. The van der Waals surface area contributed by atoms with Crippen LogP contribution in [0.15, 0.2) is 103 Å². The molecule has 2 aliphatic rings. The van der Waals surface area contributed by atoms with E-state index in [1.807, 2.05) is 0 Å². The maximum atomic E-state index is 2.75. The minimum absolute atomic E-state index is 0.0597. The Labute approximate surface area is 290 Å². The fraction of sp³-hybridized carbons (Fsp3) is 0.372. The molecule has 4 aromatic carbocycles. The van der Waals surface area contributed by atoms with Gasteiger partial charge in [0.15, 0.2) is 0 Å². The van der Waals surface area contributed by atoms with E-state index in [2.05, 4.69) is 156 Å². The maximum Gasteiger partial charge on any atom is 0.294 e. The summed E-state index contributed by atoms with van der Waals surface area (Å²) in [4.78, 5) is 0. The fourth-order valence-electron chi connectivity index (χ4n) is 8.39. The zero-order chi connectivity index (χ0) is 31.7. The zero-order valence-corrected chi connectivity index (χ0v) is 30.0. The van der Waals surface area contributed by atoms with Gasteiger partial charge in [0.05, 0.1) is 12.6 Å². The number of rotatable bonds is 9. The summed E-state index contributed by atoms with van der Waals surface area (Å²) >= 11 is 2.75. The zero-order valence-electron chi connectivity index (χ0n) is 27.8. The van der Waals surface area contributed by atoms with Gasteiger partial charge in [0, 0.05) is 14.5 Å². The molecule has 0 N–H and O–H groups in total. The van der Waals surface area contributed by atoms with E-state index in [0.717, 1.165) is 12.8 Å². The van der Waals surface area contributed by atoms with E-state index in [9.17, 15) is 0 Å². The van der Waals surface area contributed by atoms with Gasteiger partial charge in [0.25, 0.3) is 5.82 Å². The molecule has 1 heterocycles. The lowest BCUT2D eigenvalue weighted by Gasteiger charge is -2.28. The van der Waals surface area contributed by atoms with E-state index in [4.69, 9.17) is 0 Å². The van der Waals surface area contributed by atoms with Crippen LogP contribution in [0.1, 0.15) is 107 Å². The third-order valence-electron chi connectivity index (χ3n) is 11.1. The van der Waals surface area contributed by atoms with Gasteiger partial charge < -0.3 is 0 Å². The SMILES string of the molecule is CCC(I)(CC)c1ccc(-c2ccccc2)cc1-c1n(-c2c(C3CCCC3)cc(-c3ccccc3)cc2C2CCCC2)cc[n+]1C. The molecule has 46 heavy (non-hydrogen) atoms. The number of halogens is 1. The van der Waals surface area contributed by atoms with Crippen LogP contribution in [0.2, 0.25) is 0 Å². The summed E-state index contributed by atoms with van der Waals surface area (Å²) in [7, 11) is 2.25. The summed E-state index contributed by atoms with van der Waals surface area (Å²) < 4.78 is 5.06. The second-order valence-electron chi connectivity index (χ2n) is 13.7. The molecule has 0 amide bonds. The molecule has 0 aliphatic heterocycles. The van der Waals surface area contributed by atoms with Gasteiger partial charge >= 0.3 is 0 Å². The highest BCUT2D eigenvalue weighted by Crippen LogP contribution is 2.48. The lowest BCUT2D eigenvalue weighted by atomic mass is 9.84. The summed E-state index contributed by atoms with van der Waals surface area (Å²) in [6.07, 6.45) is 17.3. The molecule has 236 valence electrons. The van der Waals surface area contributed by atoms with E-state index in [1.54, 1.807) is 11.1 Å². The van der Waals surface area contributed by atoms with Gasteiger partial charge in [0.1, 0.15) is 18.1 Å². The molecule has 2 nitrogen and oxygen atoms in total. The Morgan fingerprint density at radius 3 is 1.72 bits per heavy atom. The lowest BCUT2D eigenvalue weighted by Crippen LogP contribution is -2.31. The normalized spacial score (nSPS) is 16.0. The highest BCUT2D eigenvalue weighted by molar-refractivity contribution is 14.1. The molecule has 0 spiro atoms. The molecular formula is C43H48IN2+. The van der Waals surface area contributed by atoms with Gasteiger partial charge in [-0.05, 0) is 96.4 Å². The molecule has 5 aromatic rings. The Balaban J connectivity index is 1.52. The largest absolute Gasteiger partial charge is 0.294 e. The first kappa shape index (κ1) is 31.4. The topological polar surface area (TPSA) is 8.81 Å². The fourth-order valence-corrected chi connectivity index (χ4v) is 8.86. The number of benzene rings is 4. The van der Waals surface area contributed by atoms with E-state index >= 15 is 0 Å². The van der Waals surface area contributed by atoms with Crippen molar-refractivity contribution in [3.05, 3.63) is 120 Å². The molecule has 2 aliphatic carbocycles. The van der Waals surface area contributed by atoms with Crippen LogP contribution in [0, 0.1) is 0 Å². The molecule has 0 saturated heterocycles. The van der Waals surface area contributed by atoms with Gasteiger partial charge in [-0.3, -0.25) is 0 Å². The summed E-state index contributed by atoms with van der Waals surface area (Å²) in [5, 5.41) is 0. The van der Waals surface area contributed by atoms with Gasteiger partial charge in [-0.1, -0.05) is 135 Å². The Hall–Kier alpha value is -3.18. The van der Waals surface area contributed by atoms with E-state index in [1.165, 1.54) is 96.3 Å². The summed E-state index contributed by atoms with van der Waals surface area (Å²) in [6.45, 7) is 4.70. The maximum absolute atomic E-state index is 2.75. The highest BCUT2D eigenvalue weighted by Gasteiger charge is 2.36. The molecule has 1 aromatic heterocycles. The van der Waals surface area contributed by atoms with Crippen LogP contribution in [0.4, 0.5) is 0 Å². The molecule has 2 saturated carbocycles. The van der Waals surface area contributed by atoms with Crippen molar-refractivity contribution in [2.24, 2.45) is 7.05 Å². The van der Waals surface area contributed by atoms with Crippen LogP contribution in [0.3, 0.4) is 0 Å². The summed E-state index contributed by atoms with van der Waals surface area (Å²) in [6, 6.07) is 34.4. The number of aryl methyl sites for hydroxylation is 1. The van der Waals surface area contributed by atoms with Crippen LogP contribution in [0.25, 0.3) is 39.3 Å². The Bertz CT molecular complexity index is 1750. The van der Waals surface area contributed by atoms with Crippen molar-refractivity contribution in [2.75, 3.05) is 0 Å². The average Bonchev–Trinajstić information content (AvgIpc) is 3.91. The smallest absolute Gasteiger partial charge is 0.232 e. The monoisotopic (exact) mass is 719 g/mol. The number of alkyl halides is 1. The van der Waals surface area contributed by atoms with Gasteiger partial charge in [0.2, 0.25) is 0 Å². The number of nitrogens with zero attached hydrogens (tertiary/aromatic N) is 2. The van der Waals surface area contributed by atoms with Crippen molar-refractivity contribution >= 4 is 22.6 Å². The van der Waals surface area contributed by atoms with E-state index in [0.29, 0.717) is 11.8 Å². The van der Waals surface area contributed by atoms with Crippen molar-refractivity contribution < 1.29 is 4.57 Å². The molecular weight excluding hydrogens is 671 g/mol. The van der Waals surface area contributed by atoms with Gasteiger partial charge in [-0.25, -0.2) is 4.57 Å². The molecule has 3 heteroatoms. The lowest BCUT2D eigenvalue weighted by molar-refractivity contribution is -0.659. The first-order chi connectivity index (χ1) is 22.5. The Morgan fingerprint density at radius 1 is 0.674 bits per heavy atom. The van der Waals surface area contributed by atoms with E-state index < -0.39 is 0 Å². The minimum Gasteiger partial charge on any atom is -0.232 e. The molecule has 0 radical (unpaired) electrons. The van der Waals surface area contributed by atoms with Crippen molar-refractivity contribution in [1.82, 2.24) is 4.57 Å². The average molecular weight is 720 g/mol. The molecule has 0 bridgehead atoms. The van der Waals surface area contributed by atoms with Gasteiger partial charge in [-0.2, -0.15) is 4.57 Å². The molecule has 7 rings (SSSR count). The van der Waals surface area contributed by atoms with Crippen LogP contribution >= 0.6 is 22.6 Å². The van der Waals surface area contributed by atoms with Crippen LogP contribution in [0.5, 0.6) is 0 Å². The molecule has 0 atom stereocenters. The number of hydrogen-bond acceptors (Lipinski definition) is 0. The van der Waals surface area contributed by atoms with Crippen molar-refractivity contribution in [2.45, 2.75) is 93.3 Å². The van der Waals surface area contributed by atoms with Crippen molar-refractivity contribution in [3.63, 3.8) is 0 Å².